The second kappa shape index (κ2) is 6.50. The SMILES string of the molecule is COCCn1c(-c2ccccc2)nc(=S)c2c1CCCC2. The van der Waals surface area contributed by atoms with Crippen molar-refractivity contribution in [3.8, 4) is 11.4 Å². The first-order valence-corrected chi connectivity index (χ1v) is 7.89. The lowest BCUT2D eigenvalue weighted by atomic mass is 9.96. The molecule has 2 aromatic rings. The summed E-state index contributed by atoms with van der Waals surface area (Å²) >= 11 is 5.54. The predicted octanol–water partition coefficient (Wildman–Crippen LogP) is 3.80. The molecule has 0 N–H and O–H groups in total. The molecule has 1 aromatic heterocycles. The number of ether oxygens (including phenoxy) is 1. The van der Waals surface area contributed by atoms with Crippen LogP contribution in [0.3, 0.4) is 0 Å². The van der Waals surface area contributed by atoms with Crippen molar-refractivity contribution in [3.05, 3.63) is 46.2 Å². The Morgan fingerprint density at radius 3 is 2.71 bits per heavy atom. The lowest BCUT2D eigenvalue weighted by Crippen LogP contribution is -2.20. The van der Waals surface area contributed by atoms with Crippen LogP contribution in [0.2, 0.25) is 0 Å². The van der Waals surface area contributed by atoms with Crippen molar-refractivity contribution in [3.63, 3.8) is 0 Å². The maximum absolute atomic E-state index is 5.54. The van der Waals surface area contributed by atoms with Crippen molar-refractivity contribution in [1.29, 1.82) is 0 Å². The molecule has 110 valence electrons. The van der Waals surface area contributed by atoms with Gasteiger partial charge in [0.05, 0.1) is 6.61 Å². The van der Waals surface area contributed by atoms with Crippen LogP contribution in [0, 0.1) is 4.64 Å². The van der Waals surface area contributed by atoms with Crippen LogP contribution in [0.25, 0.3) is 11.4 Å². The average molecular weight is 300 g/mol. The Morgan fingerprint density at radius 1 is 1.19 bits per heavy atom. The summed E-state index contributed by atoms with van der Waals surface area (Å²) in [6.07, 6.45) is 4.59. The van der Waals surface area contributed by atoms with E-state index in [-0.39, 0.29) is 0 Å². The Labute approximate surface area is 130 Å². The highest BCUT2D eigenvalue weighted by Crippen LogP contribution is 2.27. The topological polar surface area (TPSA) is 27.1 Å². The molecule has 0 fully saturated rings. The van der Waals surface area contributed by atoms with E-state index in [0.717, 1.165) is 35.4 Å². The van der Waals surface area contributed by atoms with E-state index in [9.17, 15) is 0 Å². The fourth-order valence-corrected chi connectivity index (χ4v) is 3.31. The highest BCUT2D eigenvalue weighted by atomic mass is 32.1. The van der Waals surface area contributed by atoms with Gasteiger partial charge in [-0.1, -0.05) is 42.5 Å². The molecule has 0 unspecified atom stereocenters. The summed E-state index contributed by atoms with van der Waals surface area (Å²) in [4.78, 5) is 4.73. The van der Waals surface area contributed by atoms with Gasteiger partial charge in [-0.15, -0.1) is 0 Å². The third kappa shape index (κ3) is 2.92. The third-order valence-corrected chi connectivity index (χ3v) is 4.37. The Bertz CT molecular complexity index is 679. The minimum atomic E-state index is 0.690. The molecule has 4 heteroatoms. The Balaban J connectivity index is 2.18. The van der Waals surface area contributed by atoms with E-state index in [4.69, 9.17) is 21.9 Å². The van der Waals surface area contributed by atoms with Crippen LogP contribution < -0.4 is 0 Å². The van der Waals surface area contributed by atoms with Crippen molar-refractivity contribution in [2.75, 3.05) is 13.7 Å². The van der Waals surface area contributed by atoms with Crippen LogP contribution >= 0.6 is 12.2 Å². The summed E-state index contributed by atoms with van der Waals surface area (Å²) in [6, 6.07) is 10.3. The fourth-order valence-electron chi connectivity index (χ4n) is 3.00. The molecule has 0 amide bonds. The van der Waals surface area contributed by atoms with Gasteiger partial charge >= 0.3 is 0 Å². The first-order valence-electron chi connectivity index (χ1n) is 7.48. The van der Waals surface area contributed by atoms with Gasteiger partial charge in [0.25, 0.3) is 0 Å². The maximum Gasteiger partial charge on any atom is 0.141 e. The number of aromatic nitrogens is 2. The smallest absolute Gasteiger partial charge is 0.141 e. The number of fused-ring (bicyclic) bond motifs is 1. The lowest BCUT2D eigenvalue weighted by molar-refractivity contribution is 0.186. The van der Waals surface area contributed by atoms with Gasteiger partial charge in [0.1, 0.15) is 10.5 Å². The van der Waals surface area contributed by atoms with Crippen molar-refractivity contribution >= 4 is 12.2 Å². The molecule has 1 aliphatic carbocycles. The minimum Gasteiger partial charge on any atom is -0.383 e. The number of hydrogen-bond acceptors (Lipinski definition) is 3. The van der Waals surface area contributed by atoms with Crippen molar-refractivity contribution in [2.24, 2.45) is 0 Å². The molecule has 21 heavy (non-hydrogen) atoms. The standard InChI is InChI=1S/C17H20N2OS/c1-20-12-11-19-15-10-6-5-9-14(15)17(21)18-16(19)13-7-3-2-4-8-13/h2-4,7-8H,5-6,9-12H2,1H3. The zero-order chi connectivity index (χ0) is 14.7. The van der Waals surface area contributed by atoms with Gasteiger partial charge in [0.2, 0.25) is 0 Å². The van der Waals surface area contributed by atoms with Gasteiger partial charge in [-0.05, 0) is 25.7 Å². The molecule has 3 rings (SSSR count). The van der Waals surface area contributed by atoms with Gasteiger partial charge in [-0.25, -0.2) is 4.98 Å². The van der Waals surface area contributed by atoms with Gasteiger partial charge in [0.15, 0.2) is 0 Å². The van der Waals surface area contributed by atoms with Gasteiger partial charge in [0, 0.05) is 30.5 Å². The number of methoxy groups -OCH3 is 1. The molecule has 0 saturated heterocycles. The summed E-state index contributed by atoms with van der Waals surface area (Å²) in [7, 11) is 1.74. The molecule has 0 aliphatic heterocycles. The number of hydrogen-bond donors (Lipinski definition) is 0. The zero-order valence-corrected chi connectivity index (χ0v) is 13.2. The Hall–Kier alpha value is -1.52. The summed E-state index contributed by atoms with van der Waals surface area (Å²) in [6.45, 7) is 1.51. The predicted molar refractivity (Wildman–Crippen MR) is 87.0 cm³/mol. The molecule has 0 atom stereocenters. The largest absolute Gasteiger partial charge is 0.383 e. The van der Waals surface area contributed by atoms with Crippen molar-refractivity contribution in [1.82, 2.24) is 9.55 Å². The second-order valence-corrected chi connectivity index (χ2v) is 5.77. The molecule has 1 aromatic carbocycles. The quantitative estimate of drug-likeness (QED) is 0.804. The van der Waals surface area contributed by atoms with E-state index in [1.165, 1.54) is 24.1 Å². The second-order valence-electron chi connectivity index (χ2n) is 5.38. The van der Waals surface area contributed by atoms with Crippen LogP contribution in [-0.4, -0.2) is 23.3 Å². The maximum atomic E-state index is 5.54. The molecule has 0 bridgehead atoms. The third-order valence-electron chi connectivity index (χ3n) is 4.04. The number of rotatable bonds is 4. The van der Waals surface area contributed by atoms with Gasteiger partial charge in [-0.2, -0.15) is 0 Å². The molecule has 0 spiro atoms. The average Bonchev–Trinajstić information content (AvgIpc) is 2.55. The zero-order valence-electron chi connectivity index (χ0n) is 12.3. The molecule has 0 saturated carbocycles. The first kappa shape index (κ1) is 14.4. The summed E-state index contributed by atoms with van der Waals surface area (Å²) in [5.74, 6) is 0.971. The van der Waals surface area contributed by atoms with Crippen LogP contribution in [-0.2, 0) is 24.1 Å². The van der Waals surface area contributed by atoms with Crippen LogP contribution in [0.4, 0.5) is 0 Å². The fraction of sp³-hybridized carbons (Fsp3) is 0.412. The highest BCUT2D eigenvalue weighted by molar-refractivity contribution is 7.71. The summed E-state index contributed by atoms with van der Waals surface area (Å²) < 4.78 is 8.37. The van der Waals surface area contributed by atoms with Crippen molar-refractivity contribution in [2.45, 2.75) is 32.2 Å². The molecular weight excluding hydrogens is 280 g/mol. The normalized spacial score (nSPS) is 14.0. The van der Waals surface area contributed by atoms with E-state index in [0.29, 0.717) is 6.61 Å². The van der Waals surface area contributed by atoms with Crippen LogP contribution in [0.1, 0.15) is 24.1 Å². The monoisotopic (exact) mass is 300 g/mol. The lowest BCUT2D eigenvalue weighted by Gasteiger charge is -2.24. The van der Waals surface area contributed by atoms with Crippen LogP contribution in [0.5, 0.6) is 0 Å². The van der Waals surface area contributed by atoms with Gasteiger partial charge < -0.3 is 9.30 Å². The van der Waals surface area contributed by atoms with Crippen molar-refractivity contribution < 1.29 is 4.74 Å². The summed E-state index contributed by atoms with van der Waals surface area (Å²) in [5.41, 5.74) is 3.75. The van der Waals surface area contributed by atoms with Gasteiger partial charge in [-0.3, -0.25) is 0 Å². The first-order chi connectivity index (χ1) is 10.3. The van der Waals surface area contributed by atoms with E-state index < -0.39 is 0 Å². The van der Waals surface area contributed by atoms with E-state index in [1.807, 2.05) is 18.2 Å². The number of nitrogens with zero attached hydrogens (tertiary/aromatic N) is 2. The molecule has 0 radical (unpaired) electrons. The Kier molecular flexibility index (Phi) is 4.46. The summed E-state index contributed by atoms with van der Waals surface area (Å²) in [5, 5.41) is 0. The van der Waals surface area contributed by atoms with E-state index in [2.05, 4.69) is 16.7 Å². The highest BCUT2D eigenvalue weighted by Gasteiger charge is 2.18. The van der Waals surface area contributed by atoms with Crippen LogP contribution in [0.15, 0.2) is 30.3 Å². The molecular formula is C17H20N2OS. The number of benzene rings is 1. The molecule has 3 nitrogen and oxygen atoms in total. The van der Waals surface area contributed by atoms with E-state index in [1.54, 1.807) is 7.11 Å². The minimum absolute atomic E-state index is 0.690. The molecule has 1 heterocycles. The molecule has 1 aliphatic rings. The van der Waals surface area contributed by atoms with E-state index >= 15 is 0 Å². The Morgan fingerprint density at radius 2 is 1.95 bits per heavy atom.